The van der Waals surface area contributed by atoms with Gasteiger partial charge in [-0.15, -0.1) is 0 Å². The van der Waals surface area contributed by atoms with E-state index in [4.69, 9.17) is 23.2 Å². The summed E-state index contributed by atoms with van der Waals surface area (Å²) in [7, 11) is 0. The number of hydrogen-bond donors (Lipinski definition) is 0. The molecule has 1 aliphatic heterocycles. The SMILES string of the molecule is Cc1c(Cl)c(C(C)(F)F)nn1CC(=O)N1CCN(c2cccc(Cl)c2)CC1. The minimum absolute atomic E-state index is 0.0962. The molecular formula is C18H20Cl2F2N4O. The van der Waals surface area contributed by atoms with Gasteiger partial charge in [-0.25, -0.2) is 0 Å². The number of carbonyl (C=O) groups is 1. The van der Waals surface area contributed by atoms with Gasteiger partial charge < -0.3 is 9.80 Å². The molecular weight excluding hydrogens is 397 g/mol. The van der Waals surface area contributed by atoms with Crippen LogP contribution in [0.15, 0.2) is 24.3 Å². The lowest BCUT2D eigenvalue weighted by Crippen LogP contribution is -2.49. The fourth-order valence-corrected chi connectivity index (χ4v) is 3.56. The highest BCUT2D eigenvalue weighted by Gasteiger charge is 2.33. The Morgan fingerprint density at radius 1 is 1.22 bits per heavy atom. The van der Waals surface area contributed by atoms with Crippen LogP contribution in [0.2, 0.25) is 10.0 Å². The van der Waals surface area contributed by atoms with Crippen LogP contribution < -0.4 is 4.90 Å². The average Bonchev–Trinajstić information content (AvgIpc) is 2.90. The number of halogens is 4. The van der Waals surface area contributed by atoms with Crippen molar-refractivity contribution in [1.82, 2.24) is 14.7 Å². The standard InChI is InChI=1S/C18H20Cl2F2N4O/c1-12-16(20)17(18(2,21)22)23-26(12)11-15(27)25-8-6-24(7-9-25)14-5-3-4-13(19)10-14/h3-5,10H,6-9,11H2,1-2H3. The van der Waals surface area contributed by atoms with E-state index >= 15 is 0 Å². The molecule has 5 nitrogen and oxygen atoms in total. The van der Waals surface area contributed by atoms with Crippen LogP contribution in [0, 0.1) is 6.92 Å². The van der Waals surface area contributed by atoms with Gasteiger partial charge >= 0.3 is 0 Å². The molecule has 0 N–H and O–H groups in total. The lowest BCUT2D eigenvalue weighted by Gasteiger charge is -2.36. The van der Waals surface area contributed by atoms with Gasteiger partial charge in [-0.3, -0.25) is 9.48 Å². The number of piperazine rings is 1. The topological polar surface area (TPSA) is 41.4 Å². The van der Waals surface area contributed by atoms with Gasteiger partial charge in [-0.05, 0) is 25.1 Å². The Morgan fingerprint density at radius 2 is 1.89 bits per heavy atom. The van der Waals surface area contributed by atoms with Gasteiger partial charge in [0.05, 0.1) is 10.7 Å². The predicted molar refractivity (Wildman–Crippen MR) is 102 cm³/mol. The van der Waals surface area contributed by atoms with Crippen molar-refractivity contribution in [2.45, 2.75) is 26.3 Å². The summed E-state index contributed by atoms with van der Waals surface area (Å²) < 4.78 is 28.4. The Morgan fingerprint density at radius 3 is 2.44 bits per heavy atom. The number of anilines is 1. The Bertz CT molecular complexity index is 842. The van der Waals surface area contributed by atoms with Crippen LogP contribution in [0.5, 0.6) is 0 Å². The maximum Gasteiger partial charge on any atom is 0.290 e. The first-order valence-corrected chi connectivity index (χ1v) is 9.32. The molecule has 0 saturated carbocycles. The maximum atomic E-state index is 13.6. The molecule has 146 valence electrons. The molecule has 2 aromatic rings. The second kappa shape index (κ2) is 7.64. The zero-order valence-electron chi connectivity index (χ0n) is 15.1. The molecule has 1 fully saturated rings. The zero-order chi connectivity index (χ0) is 19.8. The Balaban J connectivity index is 1.64. The normalized spacial score (nSPS) is 15.3. The van der Waals surface area contributed by atoms with E-state index in [1.54, 1.807) is 11.8 Å². The lowest BCUT2D eigenvalue weighted by atomic mass is 10.2. The fourth-order valence-electron chi connectivity index (χ4n) is 3.07. The summed E-state index contributed by atoms with van der Waals surface area (Å²) in [5.41, 5.74) is 0.874. The number of aromatic nitrogens is 2. The van der Waals surface area contributed by atoms with Gasteiger partial charge in [0, 0.05) is 43.8 Å². The quantitative estimate of drug-likeness (QED) is 0.757. The summed E-state index contributed by atoms with van der Waals surface area (Å²) in [4.78, 5) is 16.4. The highest BCUT2D eigenvalue weighted by atomic mass is 35.5. The first-order valence-electron chi connectivity index (χ1n) is 8.56. The monoisotopic (exact) mass is 416 g/mol. The van der Waals surface area contributed by atoms with E-state index < -0.39 is 11.6 Å². The summed E-state index contributed by atoms with van der Waals surface area (Å²) in [6.07, 6.45) is 0. The first-order chi connectivity index (χ1) is 12.7. The molecule has 0 radical (unpaired) electrons. The molecule has 1 aromatic heterocycles. The molecule has 3 rings (SSSR count). The molecule has 0 bridgehead atoms. The molecule has 1 amide bonds. The Kier molecular flexibility index (Phi) is 5.63. The summed E-state index contributed by atoms with van der Waals surface area (Å²) in [5, 5.41) is 4.42. The second-order valence-electron chi connectivity index (χ2n) is 6.64. The molecule has 0 aliphatic carbocycles. The van der Waals surface area contributed by atoms with Gasteiger partial charge in [0.15, 0.2) is 0 Å². The van der Waals surface area contributed by atoms with Gasteiger partial charge in [0.25, 0.3) is 5.92 Å². The first kappa shape index (κ1) is 19.9. The molecule has 1 saturated heterocycles. The number of rotatable bonds is 4. The third-order valence-corrected chi connectivity index (χ3v) is 5.33. The van der Waals surface area contributed by atoms with Crippen molar-refractivity contribution >= 4 is 34.8 Å². The van der Waals surface area contributed by atoms with E-state index in [1.807, 2.05) is 24.3 Å². The van der Waals surface area contributed by atoms with Crippen LogP contribution in [0.25, 0.3) is 0 Å². The molecule has 1 aliphatic rings. The molecule has 0 atom stereocenters. The third-order valence-electron chi connectivity index (χ3n) is 4.64. The number of alkyl halides is 2. The zero-order valence-corrected chi connectivity index (χ0v) is 16.6. The van der Waals surface area contributed by atoms with Crippen molar-refractivity contribution in [3.8, 4) is 0 Å². The van der Waals surface area contributed by atoms with Gasteiger partial charge in [-0.2, -0.15) is 13.9 Å². The summed E-state index contributed by atoms with van der Waals surface area (Å²) in [6.45, 7) is 4.62. The van der Waals surface area contributed by atoms with Gasteiger partial charge in [0.2, 0.25) is 5.91 Å². The fraction of sp³-hybridized carbons (Fsp3) is 0.444. The summed E-state index contributed by atoms with van der Waals surface area (Å²) >= 11 is 12.0. The lowest BCUT2D eigenvalue weighted by molar-refractivity contribution is -0.132. The Labute approximate surface area is 166 Å². The Hall–Kier alpha value is -1.86. The highest BCUT2D eigenvalue weighted by molar-refractivity contribution is 6.32. The molecule has 1 aromatic carbocycles. The number of nitrogens with zero attached hydrogens (tertiary/aromatic N) is 4. The molecule has 27 heavy (non-hydrogen) atoms. The third kappa shape index (κ3) is 4.35. The van der Waals surface area contributed by atoms with Gasteiger partial charge in [0.1, 0.15) is 12.2 Å². The summed E-state index contributed by atoms with van der Waals surface area (Å²) in [5.74, 6) is -3.33. The summed E-state index contributed by atoms with van der Waals surface area (Å²) in [6, 6.07) is 7.57. The van der Waals surface area contributed by atoms with Crippen molar-refractivity contribution in [1.29, 1.82) is 0 Å². The van der Waals surface area contributed by atoms with Crippen molar-refractivity contribution in [2.75, 3.05) is 31.1 Å². The van der Waals surface area contributed by atoms with Crippen LogP contribution in [-0.2, 0) is 17.3 Å². The number of benzene rings is 1. The molecule has 2 heterocycles. The van der Waals surface area contributed by atoms with Crippen molar-refractivity contribution < 1.29 is 13.6 Å². The molecule has 0 unspecified atom stereocenters. The largest absolute Gasteiger partial charge is 0.368 e. The van der Waals surface area contributed by atoms with Crippen molar-refractivity contribution in [2.24, 2.45) is 0 Å². The molecule has 9 heteroatoms. The van der Waals surface area contributed by atoms with E-state index in [9.17, 15) is 13.6 Å². The van der Waals surface area contributed by atoms with Crippen LogP contribution in [0.3, 0.4) is 0 Å². The van der Waals surface area contributed by atoms with E-state index in [-0.39, 0.29) is 17.5 Å². The van der Waals surface area contributed by atoms with Crippen LogP contribution in [0.4, 0.5) is 14.5 Å². The van der Waals surface area contributed by atoms with Crippen LogP contribution in [-0.4, -0.2) is 46.8 Å². The van der Waals surface area contributed by atoms with E-state index in [0.717, 1.165) is 12.6 Å². The van der Waals surface area contributed by atoms with Crippen molar-refractivity contribution in [3.63, 3.8) is 0 Å². The van der Waals surface area contributed by atoms with Crippen molar-refractivity contribution in [3.05, 3.63) is 45.7 Å². The van der Waals surface area contributed by atoms with Gasteiger partial charge in [-0.1, -0.05) is 29.3 Å². The van der Waals surface area contributed by atoms with Crippen LogP contribution >= 0.6 is 23.2 Å². The number of amides is 1. The van der Waals surface area contributed by atoms with E-state index in [1.165, 1.54) is 4.68 Å². The van der Waals surface area contributed by atoms with E-state index in [0.29, 0.717) is 36.9 Å². The highest BCUT2D eigenvalue weighted by Crippen LogP contribution is 2.33. The number of hydrogen-bond acceptors (Lipinski definition) is 3. The minimum Gasteiger partial charge on any atom is -0.368 e. The van der Waals surface area contributed by atoms with Crippen LogP contribution in [0.1, 0.15) is 18.3 Å². The number of carbonyl (C=O) groups excluding carboxylic acids is 1. The molecule has 0 spiro atoms. The predicted octanol–water partition coefficient (Wildman–Crippen LogP) is 3.96. The maximum absolute atomic E-state index is 13.6. The van der Waals surface area contributed by atoms with E-state index in [2.05, 4.69) is 10.00 Å². The minimum atomic E-state index is -3.15. The second-order valence-corrected chi connectivity index (χ2v) is 7.46. The smallest absolute Gasteiger partial charge is 0.290 e. The average molecular weight is 417 g/mol.